The lowest BCUT2D eigenvalue weighted by Crippen LogP contribution is -2.31. The number of carbonyl (C=O) groups excluding carboxylic acids is 4. The lowest BCUT2D eigenvalue weighted by atomic mass is 9.81. The van der Waals surface area contributed by atoms with E-state index in [-0.39, 0.29) is 29.2 Å². The average Bonchev–Trinajstić information content (AvgIpc) is 3.03. The number of nitrogens with one attached hydrogen (secondary N) is 1. The summed E-state index contributed by atoms with van der Waals surface area (Å²) < 4.78 is 5.09. The van der Waals surface area contributed by atoms with Crippen LogP contribution in [0.25, 0.3) is 0 Å². The van der Waals surface area contributed by atoms with Crippen molar-refractivity contribution in [3.63, 3.8) is 0 Å². The van der Waals surface area contributed by atoms with Crippen LogP contribution in [0.1, 0.15) is 36.0 Å². The molecule has 1 saturated heterocycles. The van der Waals surface area contributed by atoms with Crippen LogP contribution in [0.15, 0.2) is 54.6 Å². The number of fused-ring (bicyclic) bond motifs is 1. The van der Waals surface area contributed by atoms with E-state index in [4.69, 9.17) is 4.74 Å². The van der Waals surface area contributed by atoms with Gasteiger partial charge in [-0.3, -0.25) is 19.3 Å². The number of hydrogen-bond acceptors (Lipinski definition) is 5. The number of esters is 1. The summed E-state index contributed by atoms with van der Waals surface area (Å²) in [5.41, 5.74) is 1.14. The monoisotopic (exact) mass is 406 g/mol. The van der Waals surface area contributed by atoms with Gasteiger partial charge in [0.2, 0.25) is 11.8 Å². The Balaban J connectivity index is 1.42. The fourth-order valence-corrected chi connectivity index (χ4v) is 4.12. The first-order chi connectivity index (χ1) is 14.5. The van der Waals surface area contributed by atoms with Crippen molar-refractivity contribution in [1.29, 1.82) is 0 Å². The summed E-state index contributed by atoms with van der Waals surface area (Å²) in [6, 6.07) is 15.1. The molecular weight excluding hydrogens is 384 g/mol. The van der Waals surface area contributed by atoms with E-state index >= 15 is 0 Å². The first-order valence-electron chi connectivity index (χ1n) is 10.0. The molecule has 1 saturated carbocycles. The molecule has 0 bridgehead atoms. The SMILES string of the molecule is O=C(COC(=O)c1cccc(N2C(=O)[C@@H]3CCCC[C@H]3C2=O)c1)Nc1ccccc1. The van der Waals surface area contributed by atoms with Crippen LogP contribution < -0.4 is 10.2 Å². The molecule has 30 heavy (non-hydrogen) atoms. The van der Waals surface area contributed by atoms with Crippen LogP contribution in [-0.4, -0.2) is 30.3 Å². The normalized spacial score (nSPS) is 20.6. The van der Waals surface area contributed by atoms with E-state index in [2.05, 4.69) is 5.32 Å². The second kappa shape index (κ2) is 8.49. The molecule has 7 nitrogen and oxygen atoms in total. The van der Waals surface area contributed by atoms with Gasteiger partial charge in [-0.2, -0.15) is 0 Å². The molecule has 1 heterocycles. The minimum Gasteiger partial charge on any atom is -0.452 e. The van der Waals surface area contributed by atoms with Crippen LogP contribution in [0.4, 0.5) is 11.4 Å². The minimum atomic E-state index is -0.698. The Bertz CT molecular complexity index is 964. The molecule has 4 rings (SSSR count). The van der Waals surface area contributed by atoms with Gasteiger partial charge in [0.1, 0.15) is 0 Å². The smallest absolute Gasteiger partial charge is 0.338 e. The van der Waals surface area contributed by atoms with Crippen LogP contribution in [-0.2, 0) is 19.1 Å². The molecule has 2 atom stereocenters. The van der Waals surface area contributed by atoms with E-state index in [0.717, 1.165) is 25.7 Å². The van der Waals surface area contributed by atoms with E-state index in [0.29, 0.717) is 11.4 Å². The van der Waals surface area contributed by atoms with Gasteiger partial charge in [-0.1, -0.05) is 37.1 Å². The molecular formula is C23H22N2O5. The number of hydrogen-bond donors (Lipinski definition) is 1. The Morgan fingerprint density at radius 3 is 2.27 bits per heavy atom. The number of imide groups is 1. The fraction of sp³-hybridized carbons (Fsp3) is 0.304. The van der Waals surface area contributed by atoms with Gasteiger partial charge in [0.05, 0.1) is 23.1 Å². The van der Waals surface area contributed by atoms with Gasteiger partial charge in [0, 0.05) is 5.69 Å². The number of anilines is 2. The summed E-state index contributed by atoms with van der Waals surface area (Å²) in [5, 5.41) is 2.63. The maximum Gasteiger partial charge on any atom is 0.338 e. The Morgan fingerprint density at radius 2 is 1.60 bits per heavy atom. The molecule has 1 aliphatic carbocycles. The molecule has 0 spiro atoms. The van der Waals surface area contributed by atoms with E-state index in [1.165, 1.54) is 17.0 Å². The molecule has 0 aromatic heterocycles. The van der Waals surface area contributed by atoms with Gasteiger partial charge >= 0.3 is 5.97 Å². The van der Waals surface area contributed by atoms with Crippen LogP contribution in [0.3, 0.4) is 0 Å². The first-order valence-corrected chi connectivity index (χ1v) is 10.0. The van der Waals surface area contributed by atoms with Crippen molar-refractivity contribution in [3.8, 4) is 0 Å². The third-order valence-electron chi connectivity index (χ3n) is 5.57. The number of amides is 3. The number of nitrogens with zero attached hydrogens (tertiary/aromatic N) is 1. The van der Waals surface area contributed by atoms with E-state index in [9.17, 15) is 19.2 Å². The summed E-state index contributed by atoms with van der Waals surface area (Å²) in [6.45, 7) is -0.441. The summed E-state index contributed by atoms with van der Waals surface area (Å²) in [7, 11) is 0. The standard InChI is InChI=1S/C23H22N2O5/c26-20(24-16-8-2-1-3-9-16)14-30-23(29)15-7-6-10-17(13-15)25-21(27)18-11-4-5-12-19(18)22(25)28/h1-3,6-10,13,18-19H,4-5,11-12,14H2,(H,24,26)/t18-,19-/m1/s1. The van der Waals surface area contributed by atoms with Crippen molar-refractivity contribution < 1.29 is 23.9 Å². The highest BCUT2D eigenvalue weighted by Gasteiger charge is 2.48. The van der Waals surface area contributed by atoms with Crippen molar-refractivity contribution >= 4 is 35.1 Å². The van der Waals surface area contributed by atoms with Gasteiger partial charge in [-0.15, -0.1) is 0 Å². The van der Waals surface area contributed by atoms with E-state index in [1.54, 1.807) is 36.4 Å². The zero-order chi connectivity index (χ0) is 21.1. The summed E-state index contributed by atoms with van der Waals surface area (Å²) in [5.74, 6) is -2.07. The van der Waals surface area contributed by atoms with Crippen molar-refractivity contribution in [1.82, 2.24) is 0 Å². The van der Waals surface area contributed by atoms with Gasteiger partial charge in [-0.25, -0.2) is 4.79 Å². The lowest BCUT2D eigenvalue weighted by molar-refractivity contribution is -0.122. The van der Waals surface area contributed by atoms with Gasteiger partial charge < -0.3 is 10.1 Å². The van der Waals surface area contributed by atoms with Crippen LogP contribution in [0.5, 0.6) is 0 Å². The highest BCUT2D eigenvalue weighted by molar-refractivity contribution is 6.22. The zero-order valence-electron chi connectivity index (χ0n) is 16.4. The van der Waals surface area contributed by atoms with Crippen molar-refractivity contribution in [2.45, 2.75) is 25.7 Å². The Kier molecular flexibility index (Phi) is 5.61. The van der Waals surface area contributed by atoms with Gasteiger partial charge in [-0.05, 0) is 43.2 Å². The maximum atomic E-state index is 12.8. The summed E-state index contributed by atoms with van der Waals surface area (Å²) in [6.07, 6.45) is 3.35. The number of benzene rings is 2. The second-order valence-electron chi connectivity index (χ2n) is 7.55. The second-order valence-corrected chi connectivity index (χ2v) is 7.55. The predicted molar refractivity (Wildman–Crippen MR) is 110 cm³/mol. The minimum absolute atomic E-state index is 0.176. The predicted octanol–water partition coefficient (Wildman–Crippen LogP) is 3.16. The van der Waals surface area contributed by atoms with E-state index < -0.39 is 18.5 Å². The molecule has 2 fully saturated rings. The van der Waals surface area contributed by atoms with Crippen molar-refractivity contribution in [2.75, 3.05) is 16.8 Å². The summed E-state index contributed by atoms with van der Waals surface area (Å²) >= 11 is 0. The molecule has 2 aromatic rings. The molecule has 154 valence electrons. The topological polar surface area (TPSA) is 92.8 Å². The fourth-order valence-electron chi connectivity index (χ4n) is 4.12. The Hall–Kier alpha value is -3.48. The quantitative estimate of drug-likeness (QED) is 0.608. The Labute approximate surface area is 174 Å². The van der Waals surface area contributed by atoms with Crippen LogP contribution in [0.2, 0.25) is 0 Å². The van der Waals surface area contributed by atoms with Gasteiger partial charge in [0.25, 0.3) is 5.91 Å². The molecule has 1 aliphatic heterocycles. The molecule has 0 radical (unpaired) electrons. The molecule has 2 aliphatic rings. The van der Waals surface area contributed by atoms with Crippen molar-refractivity contribution in [3.05, 3.63) is 60.2 Å². The molecule has 3 amide bonds. The number of ether oxygens (including phenoxy) is 1. The number of rotatable bonds is 5. The summed E-state index contributed by atoms with van der Waals surface area (Å²) in [4.78, 5) is 51.1. The molecule has 7 heteroatoms. The maximum absolute atomic E-state index is 12.8. The van der Waals surface area contributed by atoms with Crippen LogP contribution >= 0.6 is 0 Å². The first kappa shape index (κ1) is 19.8. The molecule has 1 N–H and O–H groups in total. The van der Waals surface area contributed by atoms with Crippen molar-refractivity contribution in [2.24, 2.45) is 11.8 Å². The average molecular weight is 406 g/mol. The van der Waals surface area contributed by atoms with Crippen LogP contribution in [0, 0.1) is 11.8 Å². The molecule has 2 aromatic carbocycles. The Morgan fingerprint density at radius 1 is 0.933 bits per heavy atom. The highest BCUT2D eigenvalue weighted by atomic mass is 16.5. The van der Waals surface area contributed by atoms with E-state index in [1.807, 2.05) is 6.07 Å². The molecule has 0 unspecified atom stereocenters. The zero-order valence-corrected chi connectivity index (χ0v) is 16.4. The lowest BCUT2D eigenvalue weighted by Gasteiger charge is -2.19. The third kappa shape index (κ3) is 3.96. The highest BCUT2D eigenvalue weighted by Crippen LogP contribution is 2.40. The third-order valence-corrected chi connectivity index (χ3v) is 5.57. The number of carbonyl (C=O) groups is 4. The number of para-hydroxylation sites is 1. The van der Waals surface area contributed by atoms with Gasteiger partial charge in [0.15, 0.2) is 6.61 Å². The largest absolute Gasteiger partial charge is 0.452 e.